The highest BCUT2D eigenvalue weighted by molar-refractivity contribution is 5.92. The average Bonchev–Trinajstić information content (AvgIpc) is 3.19. The summed E-state index contributed by atoms with van der Waals surface area (Å²) >= 11 is 0. The van der Waals surface area contributed by atoms with Crippen LogP contribution in [0.25, 0.3) is 0 Å². The van der Waals surface area contributed by atoms with Crippen molar-refractivity contribution in [1.82, 2.24) is 29.5 Å². The molecule has 7 nitrogen and oxygen atoms in total. The summed E-state index contributed by atoms with van der Waals surface area (Å²) in [6.45, 7) is 4.75. The normalized spacial score (nSPS) is 24.1. The highest BCUT2D eigenvalue weighted by Gasteiger charge is 2.38. The van der Waals surface area contributed by atoms with Gasteiger partial charge in [0.05, 0.1) is 12.4 Å². The van der Waals surface area contributed by atoms with Crippen molar-refractivity contribution < 1.29 is 4.79 Å². The predicted octanol–water partition coefficient (Wildman–Crippen LogP) is 0.804. The van der Waals surface area contributed by atoms with E-state index in [0.717, 1.165) is 39.1 Å². The summed E-state index contributed by atoms with van der Waals surface area (Å²) in [7, 11) is 1.95. The lowest BCUT2D eigenvalue weighted by Gasteiger charge is -2.34. The summed E-state index contributed by atoms with van der Waals surface area (Å²) < 4.78 is 1.85. The van der Waals surface area contributed by atoms with Crippen molar-refractivity contribution in [3.63, 3.8) is 0 Å². The van der Waals surface area contributed by atoms with E-state index >= 15 is 0 Å². The van der Waals surface area contributed by atoms with Crippen LogP contribution in [-0.2, 0) is 13.6 Å². The van der Waals surface area contributed by atoms with Crippen molar-refractivity contribution in [3.05, 3.63) is 42.2 Å². The number of piperidine rings is 1. The van der Waals surface area contributed by atoms with Gasteiger partial charge >= 0.3 is 0 Å². The molecule has 2 aromatic heterocycles. The van der Waals surface area contributed by atoms with Gasteiger partial charge < -0.3 is 4.90 Å². The molecule has 2 fully saturated rings. The van der Waals surface area contributed by atoms with Crippen LogP contribution in [-0.4, -0.2) is 61.6 Å². The molecule has 4 rings (SSSR count). The van der Waals surface area contributed by atoms with E-state index in [1.54, 1.807) is 18.6 Å². The van der Waals surface area contributed by atoms with E-state index in [0.29, 0.717) is 17.5 Å². The summed E-state index contributed by atoms with van der Waals surface area (Å²) in [4.78, 5) is 25.1. The van der Waals surface area contributed by atoms with Gasteiger partial charge in [0, 0.05) is 63.9 Å². The number of fused-ring (bicyclic) bond motifs is 1. The molecular formula is C17H22N6O. The Hall–Kier alpha value is -2.28. The summed E-state index contributed by atoms with van der Waals surface area (Å²) in [5.74, 6) is 1.25. The van der Waals surface area contributed by atoms with Crippen LogP contribution < -0.4 is 0 Å². The lowest BCUT2D eigenvalue weighted by molar-refractivity contribution is 0.0635. The lowest BCUT2D eigenvalue weighted by Crippen LogP contribution is -2.43. The van der Waals surface area contributed by atoms with Crippen LogP contribution in [0.1, 0.15) is 22.5 Å². The molecule has 0 aliphatic carbocycles. The van der Waals surface area contributed by atoms with Gasteiger partial charge in [-0.25, -0.2) is 4.98 Å². The van der Waals surface area contributed by atoms with Gasteiger partial charge in [0.1, 0.15) is 5.69 Å². The zero-order valence-corrected chi connectivity index (χ0v) is 13.9. The zero-order valence-electron chi connectivity index (χ0n) is 13.9. The second kappa shape index (κ2) is 6.32. The van der Waals surface area contributed by atoms with Gasteiger partial charge in [0.25, 0.3) is 5.91 Å². The zero-order chi connectivity index (χ0) is 16.5. The van der Waals surface area contributed by atoms with Gasteiger partial charge in [0.15, 0.2) is 0 Å². The molecule has 2 aromatic rings. The minimum absolute atomic E-state index is 0.00672. The maximum atomic E-state index is 12.6. The molecule has 0 aromatic carbocycles. The molecule has 1 amide bonds. The van der Waals surface area contributed by atoms with Crippen molar-refractivity contribution in [2.75, 3.05) is 26.2 Å². The molecule has 2 aliphatic rings. The molecule has 2 aliphatic heterocycles. The van der Waals surface area contributed by atoms with Crippen LogP contribution in [0, 0.1) is 11.8 Å². The summed E-state index contributed by atoms with van der Waals surface area (Å²) in [6.07, 6.45) is 9.80. The standard InChI is InChI=1S/C17H22N6O/c1-21-8-13(6-20-21)9-22-10-14-2-5-23(12-15(14)11-22)17(24)16-7-18-3-4-19-16/h3-4,6-8,14-15H,2,5,9-12H2,1H3/t14-,15-/m0/s1. The van der Waals surface area contributed by atoms with Gasteiger partial charge in [-0.2, -0.15) is 5.10 Å². The highest BCUT2D eigenvalue weighted by Crippen LogP contribution is 2.32. The SMILES string of the molecule is Cn1cc(CN2C[C@@H]3CCN(C(=O)c4cnccn4)C[C@@H]3C2)cn1. The first kappa shape index (κ1) is 15.3. The van der Waals surface area contributed by atoms with Gasteiger partial charge in [-0.05, 0) is 18.3 Å². The Morgan fingerprint density at radius 1 is 1.21 bits per heavy atom. The van der Waals surface area contributed by atoms with Crippen LogP contribution in [0.4, 0.5) is 0 Å². The molecule has 24 heavy (non-hydrogen) atoms. The molecule has 2 atom stereocenters. The predicted molar refractivity (Wildman–Crippen MR) is 88.0 cm³/mol. The Morgan fingerprint density at radius 3 is 2.83 bits per heavy atom. The number of hydrogen-bond donors (Lipinski definition) is 0. The van der Waals surface area contributed by atoms with Crippen molar-refractivity contribution in [2.24, 2.45) is 18.9 Å². The van der Waals surface area contributed by atoms with Gasteiger partial charge in [0.2, 0.25) is 0 Å². The van der Waals surface area contributed by atoms with Crippen LogP contribution in [0.5, 0.6) is 0 Å². The number of hydrogen-bond acceptors (Lipinski definition) is 5. The molecule has 0 radical (unpaired) electrons. The van der Waals surface area contributed by atoms with Crippen LogP contribution in [0.15, 0.2) is 31.0 Å². The summed E-state index contributed by atoms with van der Waals surface area (Å²) in [5, 5.41) is 4.24. The van der Waals surface area contributed by atoms with Crippen LogP contribution in [0.2, 0.25) is 0 Å². The third-order valence-corrected chi connectivity index (χ3v) is 5.11. The molecule has 2 saturated heterocycles. The van der Waals surface area contributed by atoms with Crippen molar-refractivity contribution >= 4 is 5.91 Å². The molecule has 0 saturated carbocycles. The molecular weight excluding hydrogens is 304 g/mol. The first-order valence-electron chi connectivity index (χ1n) is 8.44. The van der Waals surface area contributed by atoms with Crippen molar-refractivity contribution in [2.45, 2.75) is 13.0 Å². The van der Waals surface area contributed by atoms with E-state index in [1.165, 1.54) is 5.56 Å². The minimum atomic E-state index is 0.00672. The van der Waals surface area contributed by atoms with Gasteiger partial charge in [-0.15, -0.1) is 0 Å². The maximum Gasteiger partial charge on any atom is 0.274 e. The number of carbonyl (C=O) groups excluding carboxylic acids is 1. The van der Waals surface area contributed by atoms with Crippen LogP contribution in [0.3, 0.4) is 0 Å². The van der Waals surface area contributed by atoms with E-state index in [4.69, 9.17) is 0 Å². The largest absolute Gasteiger partial charge is 0.337 e. The second-order valence-electron chi connectivity index (χ2n) is 6.87. The Bertz CT molecular complexity index is 715. The number of nitrogens with zero attached hydrogens (tertiary/aromatic N) is 6. The topological polar surface area (TPSA) is 67.2 Å². The van der Waals surface area contributed by atoms with Crippen molar-refractivity contribution in [1.29, 1.82) is 0 Å². The molecule has 0 N–H and O–H groups in total. The number of aromatic nitrogens is 4. The minimum Gasteiger partial charge on any atom is -0.337 e. The number of likely N-dealkylation sites (tertiary alicyclic amines) is 2. The summed E-state index contributed by atoms with van der Waals surface area (Å²) in [6, 6.07) is 0. The molecule has 0 unspecified atom stereocenters. The molecule has 0 spiro atoms. The fourth-order valence-corrected chi connectivity index (χ4v) is 3.96. The second-order valence-corrected chi connectivity index (χ2v) is 6.87. The number of amides is 1. The number of carbonyl (C=O) groups is 1. The van der Waals surface area contributed by atoms with E-state index in [-0.39, 0.29) is 5.91 Å². The van der Waals surface area contributed by atoms with E-state index < -0.39 is 0 Å². The molecule has 0 bridgehead atoms. The molecule has 4 heterocycles. The first-order chi connectivity index (χ1) is 11.7. The monoisotopic (exact) mass is 326 g/mol. The molecule has 126 valence electrons. The van der Waals surface area contributed by atoms with Gasteiger partial charge in [-0.3, -0.25) is 19.4 Å². The highest BCUT2D eigenvalue weighted by atomic mass is 16.2. The lowest BCUT2D eigenvalue weighted by atomic mass is 9.88. The van der Waals surface area contributed by atoms with E-state index in [9.17, 15) is 4.79 Å². The fraction of sp³-hybridized carbons (Fsp3) is 0.529. The summed E-state index contributed by atoms with van der Waals surface area (Å²) in [5.41, 5.74) is 1.70. The molecule has 7 heteroatoms. The van der Waals surface area contributed by atoms with Gasteiger partial charge in [-0.1, -0.05) is 0 Å². The number of rotatable bonds is 3. The number of aryl methyl sites for hydroxylation is 1. The average molecular weight is 326 g/mol. The Balaban J connectivity index is 1.38. The van der Waals surface area contributed by atoms with Crippen molar-refractivity contribution in [3.8, 4) is 0 Å². The van der Waals surface area contributed by atoms with E-state index in [2.05, 4.69) is 26.2 Å². The Morgan fingerprint density at radius 2 is 2.08 bits per heavy atom. The quantitative estimate of drug-likeness (QED) is 0.835. The maximum absolute atomic E-state index is 12.6. The first-order valence-corrected chi connectivity index (χ1v) is 8.44. The van der Waals surface area contributed by atoms with E-state index in [1.807, 2.05) is 22.8 Å². The fourth-order valence-electron chi connectivity index (χ4n) is 3.96. The Labute approximate surface area is 141 Å². The third-order valence-electron chi connectivity index (χ3n) is 5.11. The Kier molecular flexibility index (Phi) is 4.02. The third kappa shape index (κ3) is 3.03. The van der Waals surface area contributed by atoms with Crippen LogP contribution >= 0.6 is 0 Å². The smallest absolute Gasteiger partial charge is 0.274 e.